The molecule has 0 aliphatic heterocycles. The van der Waals surface area contributed by atoms with E-state index in [2.05, 4.69) is 161 Å². The van der Waals surface area contributed by atoms with Crippen LogP contribution in [0.25, 0.3) is 44.1 Å². The molecule has 0 radical (unpaired) electrons. The molecule has 0 aliphatic carbocycles. The fraction of sp³-hybridized carbons (Fsp3) is 0.364. The van der Waals surface area contributed by atoms with Gasteiger partial charge in [0, 0.05) is 12.4 Å². The number of aryl methyl sites for hydroxylation is 2. The van der Waals surface area contributed by atoms with Gasteiger partial charge < -0.3 is 0 Å². The van der Waals surface area contributed by atoms with Gasteiger partial charge in [0.2, 0.25) is 7.58 Å². The van der Waals surface area contributed by atoms with Crippen molar-refractivity contribution in [2.24, 2.45) is 0 Å². The molecule has 4 heteroatoms. The maximum atomic E-state index is 7.49. The predicted octanol–water partition coefficient (Wildman–Crippen LogP) is 14.1. The molecule has 6 aromatic rings. The Balaban J connectivity index is 1.40. The lowest BCUT2D eigenvalue weighted by molar-refractivity contribution is 0.589. The lowest BCUT2D eigenvalue weighted by Crippen LogP contribution is -2.11. The van der Waals surface area contributed by atoms with Crippen molar-refractivity contribution in [1.29, 1.82) is 0 Å². The number of hydrogen-bond donors (Lipinski definition) is 0. The minimum atomic E-state index is -1.23. The predicted molar refractivity (Wildman–Crippen MR) is 213 cm³/mol. The van der Waals surface area contributed by atoms with Gasteiger partial charge in [-0.25, -0.2) is 0 Å². The van der Waals surface area contributed by atoms with Crippen LogP contribution in [0.15, 0.2) is 97.3 Å². The van der Waals surface area contributed by atoms with Crippen LogP contribution in [0, 0.1) is 0 Å². The van der Waals surface area contributed by atoms with E-state index in [1.54, 1.807) is 0 Å². The van der Waals surface area contributed by atoms with Crippen LogP contribution < -0.4 is 0 Å². The van der Waals surface area contributed by atoms with Crippen LogP contribution >= 0.6 is 18.8 Å². The second-order valence-corrected chi connectivity index (χ2v) is 17.9. The Morgan fingerprint density at radius 2 is 0.938 bits per heavy atom. The molecule has 0 bridgehead atoms. The van der Waals surface area contributed by atoms with E-state index in [4.69, 9.17) is 11.2 Å². The summed E-state index contributed by atoms with van der Waals surface area (Å²) >= 11 is 7.49. The first kappa shape index (κ1) is 34.5. The highest BCUT2D eigenvalue weighted by atomic mass is 35.7. The minimum Gasteiger partial charge on any atom is -0.296 e. The third-order valence-corrected chi connectivity index (χ3v) is 12.1. The molecule has 2 aromatic heterocycles. The molecule has 48 heavy (non-hydrogen) atoms. The molecule has 2 heterocycles. The summed E-state index contributed by atoms with van der Waals surface area (Å²) in [7, 11) is -1.23. The largest absolute Gasteiger partial charge is 0.296 e. The Labute approximate surface area is 294 Å². The molecule has 0 unspecified atom stereocenters. The second-order valence-electron chi connectivity index (χ2n) is 15.7. The smallest absolute Gasteiger partial charge is 0.206 e. The molecular weight excluding hydrogens is 623 g/mol. The van der Waals surface area contributed by atoms with Crippen molar-refractivity contribution in [2.75, 3.05) is 0 Å². The fourth-order valence-corrected chi connectivity index (χ4v) is 8.67. The molecular formula is C44H52ClN2P. The Bertz CT molecular complexity index is 1900. The summed E-state index contributed by atoms with van der Waals surface area (Å²) in [6.07, 6.45) is 11.4. The molecule has 6 rings (SSSR count). The zero-order valence-corrected chi connectivity index (χ0v) is 31.9. The summed E-state index contributed by atoms with van der Waals surface area (Å²) in [5.41, 5.74) is 13.2. The Morgan fingerprint density at radius 3 is 1.31 bits per heavy atom. The average Bonchev–Trinajstić information content (AvgIpc) is 3.69. The maximum Gasteiger partial charge on any atom is 0.206 e. The van der Waals surface area contributed by atoms with Crippen LogP contribution in [-0.2, 0) is 23.7 Å². The number of benzene rings is 4. The first-order valence-electron chi connectivity index (χ1n) is 17.8. The SMILES string of the molecule is CCCCc1cc(-c2ccc3ccn(P(Cl)n4ccc5ccc(-c6cc(CCCC)cc(C(C)(C)C)c6)cc54)c3c2)cc(C(C)(C)C)c1. The number of aromatic nitrogens is 2. The molecule has 0 saturated carbocycles. The molecule has 0 N–H and O–H groups in total. The van der Waals surface area contributed by atoms with Crippen molar-refractivity contribution in [1.82, 2.24) is 8.68 Å². The van der Waals surface area contributed by atoms with Crippen LogP contribution in [0.3, 0.4) is 0 Å². The van der Waals surface area contributed by atoms with Crippen molar-refractivity contribution >= 4 is 40.6 Å². The molecule has 0 saturated heterocycles. The third-order valence-electron chi connectivity index (χ3n) is 9.72. The number of fused-ring (bicyclic) bond motifs is 2. The van der Waals surface area contributed by atoms with Gasteiger partial charge in [0.1, 0.15) is 0 Å². The summed E-state index contributed by atoms with van der Waals surface area (Å²) < 4.78 is 4.55. The van der Waals surface area contributed by atoms with E-state index in [-0.39, 0.29) is 10.8 Å². The highest BCUT2D eigenvalue weighted by Crippen LogP contribution is 2.50. The highest BCUT2D eigenvalue weighted by molar-refractivity contribution is 7.81. The zero-order valence-electron chi connectivity index (χ0n) is 30.2. The van der Waals surface area contributed by atoms with Gasteiger partial charge >= 0.3 is 0 Å². The normalized spacial score (nSPS) is 12.5. The van der Waals surface area contributed by atoms with Crippen LogP contribution in [0.4, 0.5) is 0 Å². The molecule has 4 aromatic carbocycles. The first-order valence-corrected chi connectivity index (χ1v) is 20.0. The van der Waals surface area contributed by atoms with Crippen LogP contribution in [0.1, 0.15) is 103 Å². The van der Waals surface area contributed by atoms with Gasteiger partial charge in [-0.05, 0) is 127 Å². The number of nitrogens with zero attached hydrogens (tertiary/aromatic N) is 2. The number of hydrogen-bond acceptors (Lipinski definition) is 0. The number of unbranched alkanes of at least 4 members (excludes halogenated alkanes) is 2. The van der Waals surface area contributed by atoms with E-state index in [1.165, 1.54) is 92.0 Å². The average molecular weight is 675 g/mol. The fourth-order valence-electron chi connectivity index (χ4n) is 6.61. The van der Waals surface area contributed by atoms with Crippen LogP contribution in [-0.4, -0.2) is 8.68 Å². The lowest BCUT2D eigenvalue weighted by atomic mass is 9.83. The summed E-state index contributed by atoms with van der Waals surface area (Å²) in [5.74, 6) is 0. The van der Waals surface area contributed by atoms with E-state index in [1.807, 2.05) is 0 Å². The Hall–Kier alpha value is -3.32. The van der Waals surface area contributed by atoms with Crippen molar-refractivity contribution in [2.45, 2.75) is 105 Å². The highest BCUT2D eigenvalue weighted by Gasteiger charge is 2.20. The van der Waals surface area contributed by atoms with Crippen molar-refractivity contribution < 1.29 is 0 Å². The van der Waals surface area contributed by atoms with Crippen molar-refractivity contribution in [3.8, 4) is 22.3 Å². The molecule has 0 atom stereocenters. The van der Waals surface area contributed by atoms with E-state index in [9.17, 15) is 0 Å². The molecule has 0 amide bonds. The topological polar surface area (TPSA) is 9.86 Å². The Kier molecular flexibility index (Phi) is 10.00. The minimum absolute atomic E-state index is 0.0885. The van der Waals surface area contributed by atoms with Crippen LogP contribution in [0.5, 0.6) is 0 Å². The van der Waals surface area contributed by atoms with Crippen molar-refractivity contribution in [3.63, 3.8) is 0 Å². The van der Waals surface area contributed by atoms with Gasteiger partial charge in [0.25, 0.3) is 0 Å². The summed E-state index contributed by atoms with van der Waals surface area (Å²) in [6, 6.07) is 32.5. The van der Waals surface area contributed by atoms with Crippen LogP contribution in [0.2, 0.25) is 0 Å². The maximum absolute atomic E-state index is 7.49. The Morgan fingerprint density at radius 1 is 0.521 bits per heavy atom. The van der Waals surface area contributed by atoms with Gasteiger partial charge in [-0.3, -0.25) is 8.68 Å². The van der Waals surface area contributed by atoms with E-state index in [0.29, 0.717) is 0 Å². The first-order chi connectivity index (χ1) is 22.9. The number of halogens is 1. The van der Waals surface area contributed by atoms with E-state index in [0.717, 1.165) is 12.8 Å². The molecule has 0 fully saturated rings. The summed E-state index contributed by atoms with van der Waals surface area (Å²) in [5, 5.41) is 2.42. The van der Waals surface area contributed by atoms with Gasteiger partial charge in [-0.15, -0.1) is 0 Å². The molecule has 0 spiro atoms. The van der Waals surface area contributed by atoms with E-state index >= 15 is 0 Å². The van der Waals surface area contributed by atoms with E-state index < -0.39 is 7.58 Å². The zero-order chi connectivity index (χ0) is 34.2. The summed E-state index contributed by atoms with van der Waals surface area (Å²) in [4.78, 5) is 0. The standard InChI is InChI=1S/C44H52ClN2P/c1-9-11-13-31-23-37(27-39(25-31)43(3,4)5)35-17-15-33-19-21-46(41(33)29-35)48(45)47-22-20-34-16-18-36(30-42(34)47)38-24-32(14-12-10-2)26-40(28-38)44(6,7)8/h15-30H,9-14H2,1-8H3. The third kappa shape index (κ3) is 7.31. The second kappa shape index (κ2) is 13.9. The van der Waals surface area contributed by atoms with Gasteiger partial charge in [0.05, 0.1) is 11.0 Å². The van der Waals surface area contributed by atoms with Gasteiger partial charge in [-0.2, -0.15) is 0 Å². The molecule has 2 nitrogen and oxygen atoms in total. The van der Waals surface area contributed by atoms with Crippen molar-refractivity contribution in [3.05, 3.63) is 120 Å². The lowest BCUT2D eigenvalue weighted by Gasteiger charge is -2.22. The van der Waals surface area contributed by atoms with Gasteiger partial charge in [0.15, 0.2) is 0 Å². The van der Waals surface area contributed by atoms with Gasteiger partial charge in [-0.1, -0.05) is 129 Å². The quantitative estimate of drug-likeness (QED) is 0.128. The number of rotatable bonds is 10. The molecule has 250 valence electrons. The monoisotopic (exact) mass is 674 g/mol. The molecule has 0 aliphatic rings. The summed E-state index contributed by atoms with van der Waals surface area (Å²) in [6.45, 7) is 18.4.